The predicted molar refractivity (Wildman–Crippen MR) is 108 cm³/mol. The van der Waals surface area contributed by atoms with E-state index in [0.717, 1.165) is 31.2 Å². The minimum absolute atomic E-state index is 0.147. The summed E-state index contributed by atoms with van der Waals surface area (Å²) in [6.07, 6.45) is 6.18. The molecule has 1 aliphatic carbocycles. The van der Waals surface area contributed by atoms with E-state index in [1.165, 1.54) is 11.8 Å². The van der Waals surface area contributed by atoms with Crippen LogP contribution in [0.2, 0.25) is 0 Å². The number of rotatable bonds is 3. The van der Waals surface area contributed by atoms with Crippen molar-refractivity contribution in [1.82, 2.24) is 14.5 Å². The van der Waals surface area contributed by atoms with Gasteiger partial charge in [-0.15, -0.1) is 0 Å². The second-order valence-corrected chi connectivity index (χ2v) is 8.04. The molecule has 2 heterocycles. The Morgan fingerprint density at radius 3 is 2.78 bits per heavy atom. The van der Waals surface area contributed by atoms with Crippen molar-refractivity contribution in [3.8, 4) is 5.82 Å². The molecule has 0 N–H and O–H groups in total. The van der Waals surface area contributed by atoms with Gasteiger partial charge in [-0.25, -0.2) is 14.5 Å². The van der Waals surface area contributed by atoms with Crippen LogP contribution in [0.4, 0.5) is 0 Å². The Morgan fingerprint density at radius 1 is 1.07 bits per heavy atom. The van der Waals surface area contributed by atoms with Crippen LogP contribution in [-0.2, 0) is 4.79 Å². The first-order chi connectivity index (χ1) is 13.1. The first-order valence-corrected chi connectivity index (χ1v) is 10.2. The molecule has 5 nitrogen and oxygen atoms in total. The number of para-hydroxylation sites is 1. The number of fused-ring (bicyclic) bond motifs is 1. The monoisotopic (exact) mass is 379 g/mol. The Kier molecular flexibility index (Phi) is 5.07. The molecule has 1 unspecified atom stereocenters. The van der Waals surface area contributed by atoms with E-state index in [2.05, 4.69) is 4.98 Å². The lowest BCUT2D eigenvalue weighted by molar-refractivity contribution is -0.118. The van der Waals surface area contributed by atoms with E-state index < -0.39 is 0 Å². The number of carbonyl (C=O) groups excluding carboxylic acids is 1. The molecule has 4 rings (SSSR count). The highest BCUT2D eigenvalue weighted by atomic mass is 32.2. The zero-order chi connectivity index (χ0) is 18.8. The molecular weight excluding hydrogens is 358 g/mol. The van der Waals surface area contributed by atoms with E-state index in [4.69, 9.17) is 4.98 Å². The second-order valence-electron chi connectivity index (χ2n) is 6.87. The van der Waals surface area contributed by atoms with Crippen LogP contribution in [0, 0.1) is 6.92 Å². The Labute approximate surface area is 161 Å². The van der Waals surface area contributed by atoms with Gasteiger partial charge in [-0.1, -0.05) is 42.8 Å². The second kappa shape index (κ2) is 7.64. The minimum Gasteiger partial charge on any atom is -0.298 e. The van der Waals surface area contributed by atoms with Crippen LogP contribution < -0.4 is 5.56 Å². The number of nitrogens with zero attached hydrogens (tertiary/aromatic N) is 3. The third-order valence-electron chi connectivity index (χ3n) is 4.93. The van der Waals surface area contributed by atoms with E-state index in [-0.39, 0.29) is 16.6 Å². The summed E-state index contributed by atoms with van der Waals surface area (Å²) in [6.45, 7) is 1.93. The predicted octanol–water partition coefficient (Wildman–Crippen LogP) is 4.08. The molecule has 0 saturated heterocycles. The molecule has 1 aliphatic rings. The van der Waals surface area contributed by atoms with E-state index in [1.54, 1.807) is 16.8 Å². The molecule has 1 atom stereocenters. The fraction of sp³-hybridized carbons (Fsp3) is 0.333. The molecule has 0 bridgehead atoms. The van der Waals surface area contributed by atoms with Crippen molar-refractivity contribution >= 4 is 28.4 Å². The molecule has 1 saturated carbocycles. The fourth-order valence-corrected chi connectivity index (χ4v) is 4.68. The van der Waals surface area contributed by atoms with Crippen LogP contribution in [0.3, 0.4) is 0 Å². The molecule has 0 spiro atoms. The van der Waals surface area contributed by atoms with Gasteiger partial charge in [0, 0.05) is 12.6 Å². The van der Waals surface area contributed by atoms with Crippen LogP contribution in [-0.4, -0.2) is 25.6 Å². The molecule has 6 heteroatoms. The third-order valence-corrected chi connectivity index (χ3v) is 6.20. The van der Waals surface area contributed by atoms with Crippen molar-refractivity contribution in [2.75, 3.05) is 0 Å². The van der Waals surface area contributed by atoms with Gasteiger partial charge in [0.2, 0.25) is 0 Å². The van der Waals surface area contributed by atoms with E-state index in [9.17, 15) is 9.59 Å². The van der Waals surface area contributed by atoms with E-state index in [1.807, 2.05) is 37.3 Å². The lowest BCUT2D eigenvalue weighted by Gasteiger charge is -2.17. The average Bonchev–Trinajstić information content (AvgIpc) is 2.88. The summed E-state index contributed by atoms with van der Waals surface area (Å²) in [4.78, 5) is 35.0. The van der Waals surface area contributed by atoms with Gasteiger partial charge in [0.15, 0.2) is 5.16 Å². The van der Waals surface area contributed by atoms with Gasteiger partial charge in [-0.3, -0.25) is 9.59 Å². The number of benzene rings is 1. The molecule has 1 fully saturated rings. The maximum absolute atomic E-state index is 13.3. The summed E-state index contributed by atoms with van der Waals surface area (Å²) >= 11 is 1.41. The highest BCUT2D eigenvalue weighted by Gasteiger charge is 2.25. The lowest BCUT2D eigenvalue weighted by atomic mass is 10.2. The number of thioether (sulfide) groups is 1. The molecule has 0 radical (unpaired) electrons. The van der Waals surface area contributed by atoms with E-state index >= 15 is 0 Å². The minimum atomic E-state index is -0.157. The SMILES string of the molecule is Cc1cccnc1-n1c(SC2CCCCCC2=O)nc2ccccc2c1=O. The van der Waals surface area contributed by atoms with Gasteiger partial charge in [-0.2, -0.15) is 0 Å². The van der Waals surface area contributed by atoms with Gasteiger partial charge >= 0.3 is 0 Å². The number of hydrogen-bond acceptors (Lipinski definition) is 5. The van der Waals surface area contributed by atoms with Crippen molar-refractivity contribution in [2.45, 2.75) is 49.4 Å². The van der Waals surface area contributed by atoms with Crippen molar-refractivity contribution in [3.63, 3.8) is 0 Å². The molecule has 138 valence electrons. The van der Waals surface area contributed by atoms with Crippen molar-refractivity contribution in [2.24, 2.45) is 0 Å². The number of pyridine rings is 1. The Hall–Kier alpha value is -2.47. The fourth-order valence-electron chi connectivity index (χ4n) is 3.47. The van der Waals surface area contributed by atoms with Gasteiger partial charge in [0.25, 0.3) is 5.56 Å². The molecule has 3 aromatic rings. The average molecular weight is 379 g/mol. The van der Waals surface area contributed by atoms with Crippen LogP contribution in [0.5, 0.6) is 0 Å². The van der Waals surface area contributed by atoms with Crippen molar-refractivity contribution in [1.29, 1.82) is 0 Å². The number of aromatic nitrogens is 3. The largest absolute Gasteiger partial charge is 0.298 e. The van der Waals surface area contributed by atoms with Crippen LogP contribution >= 0.6 is 11.8 Å². The Bertz CT molecular complexity index is 1060. The summed E-state index contributed by atoms with van der Waals surface area (Å²) in [7, 11) is 0. The van der Waals surface area contributed by atoms with E-state index in [0.29, 0.717) is 28.3 Å². The molecule has 2 aromatic heterocycles. The summed E-state index contributed by atoms with van der Waals surface area (Å²) in [6, 6.07) is 11.1. The molecule has 27 heavy (non-hydrogen) atoms. The number of ketones is 1. The Balaban J connectivity index is 1.90. The highest BCUT2D eigenvalue weighted by Crippen LogP contribution is 2.31. The first-order valence-electron chi connectivity index (χ1n) is 9.28. The van der Waals surface area contributed by atoms with Gasteiger partial charge in [0.1, 0.15) is 11.6 Å². The normalized spacial score (nSPS) is 17.8. The highest BCUT2D eigenvalue weighted by molar-refractivity contribution is 8.00. The van der Waals surface area contributed by atoms with Crippen LogP contribution in [0.1, 0.15) is 37.7 Å². The molecular formula is C21H21N3O2S. The smallest absolute Gasteiger partial charge is 0.267 e. The zero-order valence-electron chi connectivity index (χ0n) is 15.2. The van der Waals surface area contributed by atoms with Crippen molar-refractivity contribution < 1.29 is 4.79 Å². The zero-order valence-corrected chi connectivity index (χ0v) is 16.0. The summed E-state index contributed by atoms with van der Waals surface area (Å²) < 4.78 is 1.57. The number of Topliss-reactive ketones (excluding diaryl/α,β-unsaturated/α-hetero) is 1. The molecule has 0 amide bonds. The van der Waals surface area contributed by atoms with Crippen LogP contribution in [0.25, 0.3) is 16.7 Å². The quantitative estimate of drug-likeness (QED) is 0.507. The standard InChI is InChI=1S/C21H21N3O2S/c1-14-8-7-13-22-19(14)24-20(26)15-9-5-6-10-16(15)23-21(24)27-18-12-4-2-3-11-17(18)25/h5-10,13,18H,2-4,11-12H2,1H3. The Morgan fingerprint density at radius 2 is 1.93 bits per heavy atom. The van der Waals surface area contributed by atoms with Crippen LogP contribution in [0.15, 0.2) is 52.5 Å². The maximum atomic E-state index is 13.3. The summed E-state index contributed by atoms with van der Waals surface area (Å²) in [5.74, 6) is 0.827. The number of carbonyl (C=O) groups is 1. The summed E-state index contributed by atoms with van der Waals surface area (Å²) in [5.41, 5.74) is 1.40. The van der Waals surface area contributed by atoms with Gasteiger partial charge in [0.05, 0.1) is 16.2 Å². The topological polar surface area (TPSA) is 64.8 Å². The van der Waals surface area contributed by atoms with Gasteiger partial charge < -0.3 is 0 Å². The number of aryl methyl sites for hydroxylation is 1. The summed E-state index contributed by atoms with van der Waals surface area (Å²) in [5, 5.41) is 0.940. The third kappa shape index (κ3) is 3.54. The molecule has 0 aliphatic heterocycles. The lowest BCUT2D eigenvalue weighted by Crippen LogP contribution is -2.25. The molecule has 1 aromatic carbocycles. The first kappa shape index (κ1) is 17.9. The maximum Gasteiger partial charge on any atom is 0.267 e. The number of hydrogen-bond donors (Lipinski definition) is 0. The van der Waals surface area contributed by atoms with Crippen molar-refractivity contribution in [3.05, 3.63) is 58.5 Å². The van der Waals surface area contributed by atoms with Gasteiger partial charge in [-0.05, 0) is 43.5 Å².